The number of fused-ring (bicyclic) bond motifs is 2. The minimum atomic E-state index is -4.55. The fourth-order valence-corrected chi connectivity index (χ4v) is 14.7. The molecule has 6 N–H and O–H groups in total. The van der Waals surface area contributed by atoms with E-state index in [1.807, 2.05) is 9.80 Å². The molecule has 2 saturated heterocycles. The molecule has 44 heteroatoms. The number of morpholine rings is 2. The van der Waals surface area contributed by atoms with E-state index in [0.29, 0.717) is 109 Å². The van der Waals surface area contributed by atoms with Crippen molar-refractivity contribution in [3.63, 3.8) is 0 Å². The van der Waals surface area contributed by atoms with Crippen molar-refractivity contribution in [1.82, 2.24) is 29.9 Å². The van der Waals surface area contributed by atoms with Crippen molar-refractivity contribution in [2.24, 2.45) is 20.5 Å². The average molecular weight is 1630 g/mol. The van der Waals surface area contributed by atoms with Gasteiger partial charge in [-0.3, -0.25) is 12.5 Å². The van der Waals surface area contributed by atoms with E-state index < -0.39 is 52.4 Å². The summed E-state index contributed by atoms with van der Waals surface area (Å²) >= 11 is 2.00. The van der Waals surface area contributed by atoms with Crippen molar-refractivity contribution in [2.75, 3.05) is 126 Å². The zero-order valence-corrected chi connectivity index (χ0v) is 63.3. The SMILES string of the molecule is COOOSc1cc(Nc2nc(Nc3ccc(/C=C/c4ccc(Nc5nc(Nc6cc(S(=O)(=O)OC)cc7cc(SOOOC)c(N=Nc8ccccc8)c(O)c67)nc(N6CCOCC6)n5)cc4S(=O)(=O)OC)c(SOOOC)c3)nc(N3CCOCC3)n2)c2c(O)c(N=Nc3ccccc3)c(S(=O)(=O)OC)cc2c1. The molecule has 2 aromatic heterocycles. The molecule has 2 aliphatic heterocycles. The fourth-order valence-electron chi connectivity index (χ4n) is 10.7. The van der Waals surface area contributed by atoms with Gasteiger partial charge in [-0.15, -0.1) is 23.2 Å². The number of hydrogen-bond acceptors (Lipinski definition) is 41. The third-order valence-corrected chi connectivity index (χ3v) is 21.4. The minimum absolute atomic E-state index is 0.00358. The Morgan fingerprint density at radius 1 is 0.445 bits per heavy atom. The molecule has 0 amide bonds. The number of phenolic OH excluding ortho intramolecular Hbond substituents is 2. The molecule has 110 heavy (non-hydrogen) atoms. The number of nitrogens with zero attached hydrogens (tertiary/aromatic N) is 12. The van der Waals surface area contributed by atoms with Crippen LogP contribution in [-0.2, 0) is 95.2 Å². The number of ether oxygens (including phenoxy) is 2. The van der Waals surface area contributed by atoms with Crippen molar-refractivity contribution in [3.05, 3.63) is 145 Å². The maximum atomic E-state index is 14.0. The van der Waals surface area contributed by atoms with Crippen molar-refractivity contribution in [2.45, 2.75) is 29.4 Å². The molecule has 8 aromatic carbocycles. The van der Waals surface area contributed by atoms with Gasteiger partial charge >= 0.3 is 0 Å². The maximum Gasteiger partial charge on any atom is 0.299 e. The van der Waals surface area contributed by atoms with E-state index in [-0.39, 0.29) is 100 Å². The van der Waals surface area contributed by atoms with Gasteiger partial charge in [0.25, 0.3) is 30.4 Å². The monoisotopic (exact) mass is 1620 g/mol. The zero-order chi connectivity index (χ0) is 77.4. The third-order valence-electron chi connectivity index (χ3n) is 15.8. The van der Waals surface area contributed by atoms with Gasteiger partial charge in [0, 0.05) is 58.1 Å². The standard InChI is InChI=1S/C66H64N16O22S6/c1-91-99-102-105-47-31-41-34-54(110(89,90)96-6)58(80-78-44-15-11-8-12-16-44)60(84)55(41)49(37-47)69-63-71-61(73-65(75-63)81-23-27-97-28-24-81)67-45-21-19-39(51(35-45)106-103-100-92-2)17-18-40-20-22-46(36-53(40)109(87,88)95-5)68-62-72-64(76-66(74-62)82-25-29-98-30-26-82)70-50-38-48(108(85,86)94-4)32-42-33-52(107-104-101-93-3)57(59(83)56(42)50)79-77-43-13-9-7-10-14-43/h7-22,31-38,83-84H,23-30H2,1-6H3,(H2,67,69,71,73,75)(H2,68,70,72,74,76)/b18-17+,79-77?,80-78?. The lowest BCUT2D eigenvalue weighted by molar-refractivity contribution is -0.447. The number of azo groups is 2. The zero-order valence-electron chi connectivity index (χ0n) is 58.4. The summed E-state index contributed by atoms with van der Waals surface area (Å²) in [6, 6.07) is 34.7. The van der Waals surface area contributed by atoms with E-state index in [0.717, 1.165) is 33.4 Å². The lowest BCUT2D eigenvalue weighted by atomic mass is 10.1. The molecule has 0 bridgehead atoms. The summed E-state index contributed by atoms with van der Waals surface area (Å²) in [6.45, 7) is 2.76. The molecule has 0 atom stereocenters. The Morgan fingerprint density at radius 3 is 1.44 bits per heavy atom. The first-order valence-electron chi connectivity index (χ1n) is 32.1. The van der Waals surface area contributed by atoms with Crippen LogP contribution in [0.15, 0.2) is 183 Å². The summed E-state index contributed by atoms with van der Waals surface area (Å²) in [5.41, 5.74) is 1.40. The largest absolute Gasteiger partial charge is 0.505 e. The smallest absolute Gasteiger partial charge is 0.299 e. The number of hydrogen-bond donors (Lipinski definition) is 6. The molecule has 12 rings (SSSR count). The number of aromatic hydroxyl groups is 2. The second-order valence-electron chi connectivity index (χ2n) is 22.5. The van der Waals surface area contributed by atoms with E-state index in [2.05, 4.69) is 66.6 Å². The normalized spacial score (nSPS) is 13.9. The minimum Gasteiger partial charge on any atom is -0.505 e. The van der Waals surface area contributed by atoms with Gasteiger partial charge in [-0.1, -0.05) is 75.8 Å². The third kappa shape index (κ3) is 19.6. The number of anilines is 10. The van der Waals surface area contributed by atoms with Crippen molar-refractivity contribution in [1.29, 1.82) is 0 Å². The van der Waals surface area contributed by atoms with E-state index in [9.17, 15) is 35.5 Å². The van der Waals surface area contributed by atoms with Crippen molar-refractivity contribution >= 4 is 181 Å². The predicted octanol–water partition coefficient (Wildman–Crippen LogP) is 13.0. The molecule has 2 aliphatic rings. The highest BCUT2D eigenvalue weighted by Gasteiger charge is 2.29. The lowest BCUT2D eigenvalue weighted by Crippen LogP contribution is -2.37. The Balaban J connectivity index is 0.879. The van der Waals surface area contributed by atoms with Crippen molar-refractivity contribution in [3.8, 4) is 11.5 Å². The Hall–Kier alpha value is -10.0. The molecule has 0 unspecified atom stereocenters. The van der Waals surface area contributed by atoms with Crippen LogP contribution in [0.25, 0.3) is 33.7 Å². The van der Waals surface area contributed by atoms with E-state index in [1.165, 1.54) is 69.9 Å². The molecule has 0 aliphatic carbocycles. The van der Waals surface area contributed by atoms with Gasteiger partial charge in [-0.2, -0.15) is 65.4 Å². The van der Waals surface area contributed by atoms with Crippen LogP contribution in [0.3, 0.4) is 0 Å². The van der Waals surface area contributed by atoms with Crippen LogP contribution in [0.4, 0.5) is 81.2 Å². The molecule has 0 radical (unpaired) electrons. The summed E-state index contributed by atoms with van der Waals surface area (Å²) in [5.74, 6) is -1.17. The lowest BCUT2D eigenvalue weighted by Gasteiger charge is -2.27. The molecule has 2 fully saturated rings. The van der Waals surface area contributed by atoms with Crippen LogP contribution in [0.2, 0.25) is 0 Å². The number of rotatable bonds is 34. The highest BCUT2D eigenvalue weighted by atomic mass is 32.2. The highest BCUT2D eigenvalue weighted by molar-refractivity contribution is 7.95. The predicted molar refractivity (Wildman–Crippen MR) is 401 cm³/mol. The Kier molecular flexibility index (Phi) is 26.5. The first-order valence-corrected chi connectivity index (χ1v) is 38.6. The molecule has 4 heterocycles. The second-order valence-corrected chi connectivity index (χ2v) is 29.8. The van der Waals surface area contributed by atoms with Gasteiger partial charge in [0.2, 0.25) is 35.7 Å². The van der Waals surface area contributed by atoms with E-state index in [4.69, 9.17) is 69.9 Å². The fraction of sp³-hybridized carbons (Fsp3) is 0.212. The summed E-state index contributed by atoms with van der Waals surface area (Å²) in [5, 5.41) is 68.5. The Bertz CT molecular complexity index is 5430. The van der Waals surface area contributed by atoms with Crippen LogP contribution in [0, 0.1) is 0 Å². The summed E-state index contributed by atoms with van der Waals surface area (Å²) in [7, 11) is -6.88. The molecule has 576 valence electrons. The number of phenols is 2. The molecule has 38 nitrogen and oxygen atoms in total. The molecule has 10 aromatic rings. The Labute approximate surface area is 640 Å². The van der Waals surface area contributed by atoms with Gasteiger partial charge in [-0.25, -0.2) is 14.7 Å². The van der Waals surface area contributed by atoms with Gasteiger partial charge < -0.3 is 50.8 Å². The maximum absolute atomic E-state index is 14.0. The summed E-state index contributed by atoms with van der Waals surface area (Å²) in [4.78, 5) is 45.6. The van der Waals surface area contributed by atoms with Gasteiger partial charge in [-0.05, 0) is 107 Å². The average Bonchev–Trinajstić information content (AvgIpc) is 0.745. The topological polar surface area (TPSA) is 453 Å². The summed E-state index contributed by atoms with van der Waals surface area (Å²) in [6.07, 6.45) is 3.12. The van der Waals surface area contributed by atoms with Crippen LogP contribution >= 0.6 is 36.1 Å². The van der Waals surface area contributed by atoms with Crippen LogP contribution in [0.5, 0.6) is 11.5 Å². The van der Waals surface area contributed by atoms with Crippen LogP contribution in [-0.4, -0.2) is 161 Å². The molecule has 0 spiro atoms. The van der Waals surface area contributed by atoms with E-state index >= 15 is 0 Å². The van der Waals surface area contributed by atoms with E-state index in [1.54, 1.807) is 97.1 Å². The molecule has 0 saturated carbocycles. The Morgan fingerprint density at radius 2 is 0.900 bits per heavy atom. The summed E-state index contributed by atoms with van der Waals surface area (Å²) < 4.78 is 124. The van der Waals surface area contributed by atoms with Gasteiger partial charge in [0.15, 0.2) is 11.5 Å². The molecular weight excluding hydrogens is 1560 g/mol. The first kappa shape index (κ1) is 79.5. The van der Waals surface area contributed by atoms with Crippen LogP contribution in [0.1, 0.15) is 11.1 Å². The second kappa shape index (κ2) is 36.7. The number of benzene rings is 8. The van der Waals surface area contributed by atoms with Crippen molar-refractivity contribution < 1.29 is 100 Å². The van der Waals surface area contributed by atoms with Gasteiger partial charge in [0.05, 0.1) is 138 Å². The highest BCUT2D eigenvalue weighted by Crippen LogP contribution is 2.50. The van der Waals surface area contributed by atoms with Gasteiger partial charge in [0.1, 0.15) is 21.2 Å². The molecular formula is C66H64N16O22S6. The van der Waals surface area contributed by atoms with Crippen LogP contribution < -0.4 is 31.1 Å². The number of aromatic nitrogens is 6. The first-order chi connectivity index (χ1) is 53.3. The number of nitrogens with one attached hydrogen (secondary N) is 4. The quantitative estimate of drug-likeness (QED) is 0.00415.